The molecule has 1 heterocycles. The molecule has 2 rings (SSSR count). The summed E-state index contributed by atoms with van der Waals surface area (Å²) in [7, 11) is 0. The maximum absolute atomic E-state index is 10.9. The van der Waals surface area contributed by atoms with E-state index in [1.165, 1.54) is 6.20 Å². The SMILES string of the molecule is CCCNC1CC(Oc2cccnc2[N+](=O)[O-])C1OCC. The van der Waals surface area contributed by atoms with Gasteiger partial charge in [0, 0.05) is 19.1 Å². The number of hydrogen-bond acceptors (Lipinski definition) is 6. The van der Waals surface area contributed by atoms with Crippen molar-refractivity contribution in [3.05, 3.63) is 28.4 Å². The molecule has 0 aliphatic heterocycles. The minimum Gasteiger partial charge on any atom is -0.479 e. The molecule has 0 radical (unpaired) electrons. The number of aromatic nitrogens is 1. The number of ether oxygens (including phenoxy) is 2. The van der Waals surface area contributed by atoms with Crippen LogP contribution < -0.4 is 10.1 Å². The predicted molar refractivity (Wildman–Crippen MR) is 77.4 cm³/mol. The quantitative estimate of drug-likeness (QED) is 0.582. The second-order valence-corrected chi connectivity index (χ2v) is 4.95. The first-order valence-corrected chi connectivity index (χ1v) is 7.28. The van der Waals surface area contributed by atoms with Crippen LogP contribution in [0.25, 0.3) is 0 Å². The Kier molecular flexibility index (Phi) is 5.46. The van der Waals surface area contributed by atoms with E-state index in [4.69, 9.17) is 9.47 Å². The highest BCUT2D eigenvalue weighted by Crippen LogP contribution is 2.32. The van der Waals surface area contributed by atoms with Gasteiger partial charge in [0.25, 0.3) is 0 Å². The number of rotatable bonds is 8. The minimum absolute atomic E-state index is 0.0821. The third-order valence-electron chi connectivity index (χ3n) is 3.47. The standard InChI is InChI=1S/C14H21N3O4/c1-3-7-15-10-9-12(13(10)20-4-2)21-11-6-5-8-16-14(11)17(18)19/h5-6,8,10,12-13,15H,3-4,7,9H2,1-2H3. The van der Waals surface area contributed by atoms with Crippen LogP contribution in [0.2, 0.25) is 0 Å². The molecule has 1 fully saturated rings. The largest absolute Gasteiger partial charge is 0.479 e. The summed E-state index contributed by atoms with van der Waals surface area (Å²) < 4.78 is 11.4. The van der Waals surface area contributed by atoms with Crippen LogP contribution in [0.4, 0.5) is 5.82 Å². The second kappa shape index (κ2) is 7.33. The summed E-state index contributed by atoms with van der Waals surface area (Å²) in [6.45, 7) is 5.55. The Labute approximate surface area is 123 Å². The predicted octanol–water partition coefficient (Wildman–Crippen LogP) is 1.91. The van der Waals surface area contributed by atoms with Crippen molar-refractivity contribution in [3.8, 4) is 5.75 Å². The van der Waals surface area contributed by atoms with Crippen molar-refractivity contribution in [1.82, 2.24) is 10.3 Å². The number of nitrogens with one attached hydrogen (secondary N) is 1. The number of nitrogens with zero attached hydrogens (tertiary/aromatic N) is 2. The first-order chi connectivity index (χ1) is 10.2. The molecule has 3 atom stereocenters. The van der Waals surface area contributed by atoms with Gasteiger partial charge in [-0.3, -0.25) is 0 Å². The highest BCUT2D eigenvalue weighted by atomic mass is 16.6. The highest BCUT2D eigenvalue weighted by Gasteiger charge is 2.44. The van der Waals surface area contributed by atoms with E-state index < -0.39 is 4.92 Å². The van der Waals surface area contributed by atoms with E-state index >= 15 is 0 Å². The molecule has 1 aliphatic rings. The van der Waals surface area contributed by atoms with Gasteiger partial charge in [-0.15, -0.1) is 0 Å². The molecule has 1 saturated carbocycles. The summed E-state index contributed by atoms with van der Waals surface area (Å²) in [5.41, 5.74) is 0. The summed E-state index contributed by atoms with van der Waals surface area (Å²) in [4.78, 5) is 14.2. The Morgan fingerprint density at radius 2 is 2.33 bits per heavy atom. The fraction of sp³-hybridized carbons (Fsp3) is 0.643. The zero-order valence-electron chi connectivity index (χ0n) is 12.3. The fourth-order valence-corrected chi connectivity index (χ4v) is 2.42. The van der Waals surface area contributed by atoms with Crippen molar-refractivity contribution < 1.29 is 14.4 Å². The van der Waals surface area contributed by atoms with Gasteiger partial charge < -0.3 is 24.9 Å². The van der Waals surface area contributed by atoms with Crippen molar-refractivity contribution in [2.45, 2.75) is 44.9 Å². The second-order valence-electron chi connectivity index (χ2n) is 4.95. The molecule has 0 saturated heterocycles. The molecule has 116 valence electrons. The van der Waals surface area contributed by atoms with Crippen molar-refractivity contribution in [2.24, 2.45) is 0 Å². The average molecular weight is 295 g/mol. The van der Waals surface area contributed by atoms with Gasteiger partial charge in [0.15, 0.2) is 0 Å². The normalized spacial score (nSPS) is 24.4. The molecule has 0 spiro atoms. The van der Waals surface area contributed by atoms with E-state index in [-0.39, 0.29) is 29.8 Å². The van der Waals surface area contributed by atoms with Crippen LogP contribution in [0.1, 0.15) is 26.7 Å². The van der Waals surface area contributed by atoms with Gasteiger partial charge in [-0.2, -0.15) is 0 Å². The Hall–Kier alpha value is -1.73. The monoisotopic (exact) mass is 295 g/mol. The van der Waals surface area contributed by atoms with Crippen LogP contribution >= 0.6 is 0 Å². The lowest BCUT2D eigenvalue weighted by Crippen LogP contribution is -2.61. The molecule has 7 heteroatoms. The van der Waals surface area contributed by atoms with E-state index in [1.54, 1.807) is 12.1 Å². The van der Waals surface area contributed by atoms with Crippen LogP contribution in [-0.4, -0.2) is 41.3 Å². The average Bonchev–Trinajstić information content (AvgIpc) is 2.48. The van der Waals surface area contributed by atoms with Crippen LogP contribution in [0.5, 0.6) is 5.75 Å². The topological polar surface area (TPSA) is 86.5 Å². The fourth-order valence-electron chi connectivity index (χ4n) is 2.42. The third-order valence-corrected chi connectivity index (χ3v) is 3.47. The Morgan fingerprint density at radius 1 is 1.52 bits per heavy atom. The van der Waals surface area contributed by atoms with Gasteiger partial charge in [0.05, 0.1) is 0 Å². The lowest BCUT2D eigenvalue weighted by Gasteiger charge is -2.43. The molecule has 1 aromatic heterocycles. The summed E-state index contributed by atoms with van der Waals surface area (Å²) in [6.07, 6.45) is 2.95. The molecule has 1 N–H and O–H groups in total. The molecular formula is C14H21N3O4. The van der Waals surface area contributed by atoms with E-state index in [1.807, 2.05) is 6.92 Å². The van der Waals surface area contributed by atoms with Crippen LogP contribution in [-0.2, 0) is 4.74 Å². The summed E-state index contributed by atoms with van der Waals surface area (Å²) in [5.74, 6) is -0.0520. The van der Waals surface area contributed by atoms with E-state index in [9.17, 15) is 10.1 Å². The van der Waals surface area contributed by atoms with E-state index in [0.717, 1.165) is 19.4 Å². The van der Waals surface area contributed by atoms with Gasteiger partial charge >= 0.3 is 5.82 Å². The number of pyridine rings is 1. The smallest absolute Gasteiger partial charge is 0.406 e. The molecule has 0 aromatic carbocycles. The van der Waals surface area contributed by atoms with Crippen LogP contribution in [0, 0.1) is 10.1 Å². The summed E-state index contributed by atoms with van der Waals surface area (Å²) in [6, 6.07) is 3.44. The zero-order valence-corrected chi connectivity index (χ0v) is 12.3. The first kappa shape index (κ1) is 15.7. The van der Waals surface area contributed by atoms with Crippen molar-refractivity contribution in [2.75, 3.05) is 13.2 Å². The van der Waals surface area contributed by atoms with Gasteiger partial charge in [0.1, 0.15) is 18.4 Å². The lowest BCUT2D eigenvalue weighted by molar-refractivity contribution is -0.391. The highest BCUT2D eigenvalue weighted by molar-refractivity contribution is 5.39. The molecule has 0 bridgehead atoms. The molecule has 1 aromatic rings. The molecule has 1 aliphatic carbocycles. The van der Waals surface area contributed by atoms with E-state index in [2.05, 4.69) is 17.2 Å². The van der Waals surface area contributed by atoms with E-state index in [0.29, 0.717) is 6.61 Å². The maximum atomic E-state index is 10.9. The first-order valence-electron chi connectivity index (χ1n) is 7.28. The Balaban J connectivity index is 2.01. The van der Waals surface area contributed by atoms with Crippen molar-refractivity contribution in [1.29, 1.82) is 0 Å². The van der Waals surface area contributed by atoms with Crippen molar-refractivity contribution >= 4 is 5.82 Å². The maximum Gasteiger partial charge on any atom is 0.406 e. The Bertz CT molecular complexity index is 483. The van der Waals surface area contributed by atoms with Gasteiger partial charge in [-0.05, 0) is 41.9 Å². The van der Waals surface area contributed by atoms with Gasteiger partial charge in [-0.1, -0.05) is 6.92 Å². The Morgan fingerprint density at radius 3 is 3.00 bits per heavy atom. The molecular weight excluding hydrogens is 274 g/mol. The summed E-state index contributed by atoms with van der Waals surface area (Å²) in [5, 5.41) is 14.3. The number of hydrogen-bond donors (Lipinski definition) is 1. The van der Waals surface area contributed by atoms with Crippen LogP contribution in [0.3, 0.4) is 0 Å². The lowest BCUT2D eigenvalue weighted by atomic mass is 9.85. The van der Waals surface area contributed by atoms with Crippen molar-refractivity contribution in [3.63, 3.8) is 0 Å². The van der Waals surface area contributed by atoms with Gasteiger partial charge in [0.2, 0.25) is 5.75 Å². The zero-order chi connectivity index (χ0) is 15.2. The summed E-state index contributed by atoms with van der Waals surface area (Å²) >= 11 is 0. The third kappa shape index (κ3) is 3.68. The van der Waals surface area contributed by atoms with Crippen LogP contribution in [0.15, 0.2) is 18.3 Å². The number of nitro groups is 1. The minimum atomic E-state index is -0.531. The molecule has 0 amide bonds. The molecule has 21 heavy (non-hydrogen) atoms. The molecule has 7 nitrogen and oxygen atoms in total. The van der Waals surface area contributed by atoms with Gasteiger partial charge in [-0.25, -0.2) is 0 Å². The molecule has 3 unspecified atom stereocenters.